The molecule has 2 aromatic carbocycles. The predicted molar refractivity (Wildman–Crippen MR) is 94.7 cm³/mol. The number of hydrogen-bond donors (Lipinski definition) is 1. The molecule has 1 heterocycles. The van der Waals surface area contributed by atoms with E-state index in [1.54, 1.807) is 7.11 Å². The van der Waals surface area contributed by atoms with Crippen LogP contribution in [0.3, 0.4) is 0 Å². The van der Waals surface area contributed by atoms with Gasteiger partial charge in [0.15, 0.2) is 0 Å². The third-order valence-corrected chi connectivity index (χ3v) is 4.54. The van der Waals surface area contributed by atoms with Crippen LogP contribution in [0.5, 0.6) is 5.75 Å². The zero-order chi connectivity index (χ0) is 16.8. The number of methoxy groups -OCH3 is 1. The lowest BCUT2D eigenvalue weighted by atomic mass is 10.1. The van der Waals surface area contributed by atoms with Crippen molar-refractivity contribution >= 4 is 5.91 Å². The maximum Gasteiger partial charge on any atom is 0.237 e. The van der Waals surface area contributed by atoms with Gasteiger partial charge in [-0.3, -0.25) is 9.69 Å². The van der Waals surface area contributed by atoms with Crippen molar-refractivity contribution in [2.75, 3.05) is 13.7 Å². The highest BCUT2D eigenvalue weighted by atomic mass is 16.5. The molecule has 2 aromatic rings. The van der Waals surface area contributed by atoms with Gasteiger partial charge < -0.3 is 10.1 Å². The smallest absolute Gasteiger partial charge is 0.237 e. The van der Waals surface area contributed by atoms with Crippen LogP contribution in [0.1, 0.15) is 24.0 Å². The molecule has 4 nitrogen and oxygen atoms in total. The molecule has 24 heavy (non-hydrogen) atoms. The number of nitrogens with one attached hydrogen (secondary N) is 1. The number of benzene rings is 2. The van der Waals surface area contributed by atoms with Gasteiger partial charge in [-0.2, -0.15) is 0 Å². The van der Waals surface area contributed by atoms with Crippen molar-refractivity contribution in [2.24, 2.45) is 0 Å². The van der Waals surface area contributed by atoms with Gasteiger partial charge in [0.25, 0.3) is 0 Å². The lowest BCUT2D eigenvalue weighted by Gasteiger charge is -2.24. The summed E-state index contributed by atoms with van der Waals surface area (Å²) >= 11 is 0. The molecule has 0 aliphatic carbocycles. The molecule has 4 heteroatoms. The molecule has 1 N–H and O–H groups in total. The van der Waals surface area contributed by atoms with Gasteiger partial charge in [-0.05, 0) is 31.0 Å². The molecule has 1 atom stereocenters. The molecule has 0 saturated carbocycles. The highest BCUT2D eigenvalue weighted by Crippen LogP contribution is 2.21. The van der Waals surface area contributed by atoms with E-state index in [-0.39, 0.29) is 11.9 Å². The summed E-state index contributed by atoms with van der Waals surface area (Å²) < 4.78 is 5.34. The molecule has 0 aromatic heterocycles. The quantitative estimate of drug-likeness (QED) is 0.888. The van der Waals surface area contributed by atoms with Crippen LogP contribution in [-0.2, 0) is 17.9 Å². The Bertz CT molecular complexity index is 672. The van der Waals surface area contributed by atoms with Crippen molar-refractivity contribution < 1.29 is 9.53 Å². The second-order valence-electron chi connectivity index (χ2n) is 6.14. The Morgan fingerprint density at radius 2 is 1.92 bits per heavy atom. The summed E-state index contributed by atoms with van der Waals surface area (Å²) in [5.41, 5.74) is 2.25. The minimum Gasteiger partial charge on any atom is -0.496 e. The second kappa shape index (κ2) is 7.97. The Morgan fingerprint density at radius 1 is 1.17 bits per heavy atom. The molecule has 126 valence electrons. The molecule has 0 radical (unpaired) electrons. The van der Waals surface area contributed by atoms with Crippen molar-refractivity contribution in [3.63, 3.8) is 0 Å². The topological polar surface area (TPSA) is 41.6 Å². The van der Waals surface area contributed by atoms with Crippen LogP contribution in [-0.4, -0.2) is 30.5 Å². The van der Waals surface area contributed by atoms with Crippen LogP contribution in [0.25, 0.3) is 0 Å². The first kappa shape index (κ1) is 16.5. The summed E-state index contributed by atoms with van der Waals surface area (Å²) in [6.07, 6.45) is 1.99. The van der Waals surface area contributed by atoms with Crippen molar-refractivity contribution in [1.82, 2.24) is 10.2 Å². The monoisotopic (exact) mass is 324 g/mol. The first-order chi connectivity index (χ1) is 11.8. The van der Waals surface area contributed by atoms with Gasteiger partial charge in [0.1, 0.15) is 5.75 Å². The van der Waals surface area contributed by atoms with Gasteiger partial charge in [-0.25, -0.2) is 0 Å². The fourth-order valence-corrected chi connectivity index (χ4v) is 3.28. The van der Waals surface area contributed by atoms with E-state index in [1.165, 1.54) is 5.56 Å². The van der Waals surface area contributed by atoms with E-state index in [0.717, 1.165) is 37.2 Å². The average molecular weight is 324 g/mol. The van der Waals surface area contributed by atoms with Crippen LogP contribution in [0.4, 0.5) is 0 Å². The molecule has 1 amide bonds. The van der Waals surface area contributed by atoms with Crippen molar-refractivity contribution in [1.29, 1.82) is 0 Å². The summed E-state index contributed by atoms with van der Waals surface area (Å²) in [5, 5.41) is 3.07. The van der Waals surface area contributed by atoms with Crippen LogP contribution in [0.15, 0.2) is 54.6 Å². The Morgan fingerprint density at radius 3 is 2.71 bits per heavy atom. The van der Waals surface area contributed by atoms with E-state index in [0.29, 0.717) is 6.54 Å². The SMILES string of the molecule is COc1ccccc1CNC(=O)[C@H]1CCCN1Cc1ccccc1. The highest BCUT2D eigenvalue weighted by Gasteiger charge is 2.30. The highest BCUT2D eigenvalue weighted by molar-refractivity contribution is 5.82. The first-order valence-corrected chi connectivity index (χ1v) is 8.45. The van der Waals surface area contributed by atoms with Gasteiger partial charge in [-0.15, -0.1) is 0 Å². The molecular weight excluding hydrogens is 300 g/mol. The fraction of sp³-hybridized carbons (Fsp3) is 0.350. The van der Waals surface area contributed by atoms with E-state index < -0.39 is 0 Å². The van der Waals surface area contributed by atoms with E-state index in [4.69, 9.17) is 4.74 Å². The molecular formula is C20H24N2O2. The summed E-state index contributed by atoms with van der Waals surface area (Å²) in [6, 6.07) is 18.1. The Hall–Kier alpha value is -2.33. The maximum atomic E-state index is 12.6. The Balaban J connectivity index is 1.59. The lowest BCUT2D eigenvalue weighted by molar-refractivity contribution is -0.125. The van der Waals surface area contributed by atoms with Crippen molar-refractivity contribution in [3.8, 4) is 5.75 Å². The van der Waals surface area contributed by atoms with Gasteiger partial charge in [-0.1, -0.05) is 48.5 Å². The molecule has 3 rings (SSSR count). The largest absolute Gasteiger partial charge is 0.496 e. The average Bonchev–Trinajstić information content (AvgIpc) is 3.09. The standard InChI is InChI=1S/C20H24N2O2/c1-24-19-12-6-5-10-17(19)14-21-20(23)18-11-7-13-22(18)15-16-8-3-2-4-9-16/h2-6,8-10,12,18H,7,11,13-15H2,1H3,(H,21,23)/t18-/m1/s1. The summed E-state index contributed by atoms with van der Waals surface area (Å²) in [5.74, 6) is 0.916. The number of para-hydroxylation sites is 1. The zero-order valence-corrected chi connectivity index (χ0v) is 14.1. The molecule has 1 aliphatic rings. The number of ether oxygens (including phenoxy) is 1. The van der Waals surface area contributed by atoms with E-state index in [9.17, 15) is 4.79 Å². The summed E-state index contributed by atoms with van der Waals surface area (Å²) in [4.78, 5) is 14.9. The number of hydrogen-bond acceptors (Lipinski definition) is 3. The van der Waals surface area contributed by atoms with Crippen LogP contribution < -0.4 is 10.1 Å². The molecule has 1 aliphatic heterocycles. The van der Waals surface area contributed by atoms with Gasteiger partial charge in [0.05, 0.1) is 13.2 Å². The fourth-order valence-electron chi connectivity index (χ4n) is 3.28. The minimum atomic E-state index is -0.0417. The zero-order valence-electron chi connectivity index (χ0n) is 14.1. The predicted octanol–water partition coefficient (Wildman–Crippen LogP) is 2.98. The molecule has 0 spiro atoms. The van der Waals surface area contributed by atoms with E-state index in [1.807, 2.05) is 42.5 Å². The minimum absolute atomic E-state index is 0.0417. The van der Waals surface area contributed by atoms with Crippen LogP contribution in [0.2, 0.25) is 0 Å². The normalized spacial score (nSPS) is 17.6. The van der Waals surface area contributed by atoms with Crippen LogP contribution >= 0.6 is 0 Å². The first-order valence-electron chi connectivity index (χ1n) is 8.45. The number of nitrogens with zero attached hydrogens (tertiary/aromatic N) is 1. The number of amides is 1. The summed E-state index contributed by atoms with van der Waals surface area (Å²) in [7, 11) is 1.65. The van der Waals surface area contributed by atoms with Crippen molar-refractivity contribution in [2.45, 2.75) is 32.0 Å². The molecule has 1 saturated heterocycles. The third kappa shape index (κ3) is 3.95. The molecule has 0 bridgehead atoms. The molecule has 0 unspecified atom stereocenters. The Labute approximate surface area is 143 Å². The number of rotatable bonds is 6. The number of likely N-dealkylation sites (tertiary alicyclic amines) is 1. The van der Waals surface area contributed by atoms with E-state index >= 15 is 0 Å². The van der Waals surface area contributed by atoms with E-state index in [2.05, 4.69) is 22.3 Å². The van der Waals surface area contributed by atoms with Gasteiger partial charge in [0, 0.05) is 18.7 Å². The van der Waals surface area contributed by atoms with Crippen molar-refractivity contribution in [3.05, 3.63) is 65.7 Å². The lowest BCUT2D eigenvalue weighted by Crippen LogP contribution is -2.42. The van der Waals surface area contributed by atoms with Gasteiger partial charge in [0.2, 0.25) is 5.91 Å². The maximum absolute atomic E-state index is 12.6. The Kier molecular flexibility index (Phi) is 5.49. The number of carbonyl (C=O) groups is 1. The molecule has 1 fully saturated rings. The third-order valence-electron chi connectivity index (χ3n) is 4.54. The van der Waals surface area contributed by atoms with Gasteiger partial charge >= 0.3 is 0 Å². The van der Waals surface area contributed by atoms with Crippen LogP contribution in [0, 0.1) is 0 Å². The number of carbonyl (C=O) groups excluding carboxylic acids is 1. The second-order valence-corrected chi connectivity index (χ2v) is 6.14. The summed E-state index contributed by atoms with van der Waals surface area (Å²) in [6.45, 7) is 2.30.